The molecule has 0 fully saturated rings. The SMILES string of the molecule is CCOc1cc(C=Nc2cc3c4c(c2)[C@@H](c2ccccc2)CCN4CC[C@@H]3c2ccccc2)cc(I)c1OCc1ccc(Br)cc1. The van der Waals surface area contributed by atoms with Crippen LogP contribution in [0.15, 0.2) is 119 Å². The molecule has 0 saturated heterocycles. The van der Waals surface area contributed by atoms with Crippen molar-refractivity contribution in [3.05, 3.63) is 151 Å². The van der Waals surface area contributed by atoms with E-state index < -0.39 is 0 Å². The first kappa shape index (κ1) is 31.0. The van der Waals surface area contributed by atoms with Crippen LogP contribution in [0.1, 0.15) is 65.0 Å². The minimum Gasteiger partial charge on any atom is -0.490 e. The van der Waals surface area contributed by atoms with Gasteiger partial charge in [0, 0.05) is 41.3 Å². The summed E-state index contributed by atoms with van der Waals surface area (Å²) in [7, 11) is 0. The van der Waals surface area contributed by atoms with Gasteiger partial charge in [0.05, 0.1) is 15.9 Å². The minimum atomic E-state index is 0.350. The largest absolute Gasteiger partial charge is 0.490 e. The molecule has 0 N–H and O–H groups in total. The van der Waals surface area contributed by atoms with E-state index in [1.54, 1.807) is 0 Å². The van der Waals surface area contributed by atoms with Crippen molar-refractivity contribution in [1.29, 1.82) is 0 Å². The standard InChI is InChI=1S/C40H36BrIN2O2/c1-2-45-38-22-28(21-37(42)40(38)46-26-27-13-15-31(41)16-14-27)25-43-32-23-35-33(29-9-5-3-6-10-29)17-19-44-20-18-34(36(24-32)39(35)44)30-11-7-4-8-12-30/h3-16,21-25,33-34H,2,17-20,26H2,1H3/t33-,34-/m1/s1. The van der Waals surface area contributed by atoms with Gasteiger partial charge >= 0.3 is 0 Å². The second-order valence-corrected chi connectivity index (χ2v) is 14.0. The van der Waals surface area contributed by atoms with Crippen LogP contribution in [0.4, 0.5) is 11.4 Å². The second-order valence-electron chi connectivity index (χ2n) is 11.9. The van der Waals surface area contributed by atoms with E-state index in [4.69, 9.17) is 14.5 Å². The molecule has 4 nitrogen and oxygen atoms in total. The molecule has 2 aliphatic heterocycles. The van der Waals surface area contributed by atoms with Crippen LogP contribution in [-0.2, 0) is 6.61 Å². The number of aliphatic imine (C=N–C) groups is 1. The van der Waals surface area contributed by atoms with E-state index in [-0.39, 0.29) is 0 Å². The Kier molecular flexibility index (Phi) is 9.45. The molecule has 2 atom stereocenters. The van der Waals surface area contributed by atoms with Gasteiger partial charge in [-0.25, -0.2) is 0 Å². The first-order valence-corrected chi connectivity index (χ1v) is 17.8. The van der Waals surface area contributed by atoms with Crippen molar-refractivity contribution >= 4 is 56.1 Å². The van der Waals surface area contributed by atoms with Crippen LogP contribution >= 0.6 is 38.5 Å². The van der Waals surface area contributed by atoms with Gasteiger partial charge < -0.3 is 14.4 Å². The number of ether oxygens (including phenoxy) is 2. The maximum absolute atomic E-state index is 6.28. The number of hydrogen-bond acceptors (Lipinski definition) is 4. The number of anilines is 1. The Morgan fingerprint density at radius 1 is 0.804 bits per heavy atom. The summed E-state index contributed by atoms with van der Waals surface area (Å²) < 4.78 is 14.4. The fourth-order valence-corrected chi connectivity index (χ4v) is 7.91. The lowest BCUT2D eigenvalue weighted by Gasteiger charge is -2.43. The summed E-state index contributed by atoms with van der Waals surface area (Å²) in [6.45, 7) is 5.19. The van der Waals surface area contributed by atoms with Crippen LogP contribution in [0.25, 0.3) is 0 Å². The second kappa shape index (κ2) is 14.0. The Morgan fingerprint density at radius 3 is 2.00 bits per heavy atom. The van der Waals surface area contributed by atoms with E-state index in [2.05, 4.69) is 134 Å². The van der Waals surface area contributed by atoms with Crippen LogP contribution < -0.4 is 14.4 Å². The summed E-state index contributed by atoms with van der Waals surface area (Å²) in [4.78, 5) is 7.74. The number of nitrogens with zero attached hydrogens (tertiary/aromatic N) is 2. The molecule has 0 unspecified atom stereocenters. The van der Waals surface area contributed by atoms with E-state index in [9.17, 15) is 0 Å². The maximum atomic E-state index is 6.28. The zero-order chi connectivity index (χ0) is 31.5. The first-order chi connectivity index (χ1) is 22.6. The smallest absolute Gasteiger partial charge is 0.175 e. The van der Waals surface area contributed by atoms with E-state index in [0.29, 0.717) is 25.0 Å². The highest BCUT2D eigenvalue weighted by Crippen LogP contribution is 2.50. The highest BCUT2D eigenvalue weighted by Gasteiger charge is 2.35. The van der Waals surface area contributed by atoms with Crippen molar-refractivity contribution in [1.82, 2.24) is 0 Å². The summed E-state index contributed by atoms with van der Waals surface area (Å²) in [6.07, 6.45) is 4.19. The highest BCUT2D eigenvalue weighted by molar-refractivity contribution is 14.1. The molecule has 5 aromatic carbocycles. The summed E-state index contributed by atoms with van der Waals surface area (Å²) in [5.74, 6) is 2.20. The van der Waals surface area contributed by atoms with Gasteiger partial charge in [0.1, 0.15) is 6.61 Å². The average molecular weight is 784 g/mol. The molecule has 5 aromatic rings. The fourth-order valence-electron chi connectivity index (χ4n) is 6.86. The van der Waals surface area contributed by atoms with Gasteiger partial charge in [0.15, 0.2) is 11.5 Å². The van der Waals surface area contributed by atoms with E-state index in [1.165, 1.54) is 27.9 Å². The van der Waals surface area contributed by atoms with E-state index in [1.807, 2.05) is 31.3 Å². The Hall–Kier alpha value is -3.62. The minimum absolute atomic E-state index is 0.350. The molecule has 232 valence electrons. The molecule has 6 heteroatoms. The van der Waals surface area contributed by atoms with E-state index >= 15 is 0 Å². The molecule has 0 aliphatic carbocycles. The van der Waals surface area contributed by atoms with Crippen molar-refractivity contribution < 1.29 is 9.47 Å². The van der Waals surface area contributed by atoms with Gasteiger partial charge in [0.25, 0.3) is 0 Å². The third-order valence-corrected chi connectivity index (χ3v) is 10.3. The monoisotopic (exact) mass is 782 g/mol. The maximum Gasteiger partial charge on any atom is 0.175 e. The Morgan fingerprint density at radius 2 is 1.41 bits per heavy atom. The molecule has 2 heterocycles. The quantitative estimate of drug-likeness (QED) is 0.110. The van der Waals surface area contributed by atoms with Gasteiger partial charge in [-0.3, -0.25) is 4.99 Å². The average Bonchev–Trinajstić information content (AvgIpc) is 3.09. The van der Waals surface area contributed by atoms with Crippen molar-refractivity contribution in [2.24, 2.45) is 4.99 Å². The van der Waals surface area contributed by atoms with Gasteiger partial charge in [-0.1, -0.05) is 88.7 Å². The lowest BCUT2D eigenvalue weighted by atomic mass is 9.76. The first-order valence-electron chi connectivity index (χ1n) is 16.0. The number of hydrogen-bond donors (Lipinski definition) is 0. The Labute approximate surface area is 293 Å². The van der Waals surface area contributed by atoms with Crippen LogP contribution in [0, 0.1) is 3.57 Å². The summed E-state index contributed by atoms with van der Waals surface area (Å²) >= 11 is 5.85. The molecule has 0 amide bonds. The molecule has 7 rings (SSSR count). The molecule has 0 radical (unpaired) electrons. The van der Waals surface area contributed by atoms with Crippen molar-refractivity contribution in [3.8, 4) is 11.5 Å². The van der Waals surface area contributed by atoms with Gasteiger partial charge in [-0.05, 0) is 112 Å². The lowest BCUT2D eigenvalue weighted by molar-refractivity contribution is 0.267. The van der Waals surface area contributed by atoms with Crippen LogP contribution in [0.2, 0.25) is 0 Å². The zero-order valence-electron chi connectivity index (χ0n) is 25.8. The molecule has 0 bridgehead atoms. The van der Waals surface area contributed by atoms with Crippen LogP contribution in [-0.4, -0.2) is 25.9 Å². The third kappa shape index (κ3) is 6.60. The molecule has 46 heavy (non-hydrogen) atoms. The van der Waals surface area contributed by atoms with Crippen molar-refractivity contribution in [2.45, 2.75) is 38.2 Å². The number of halogens is 2. The van der Waals surface area contributed by atoms with Crippen molar-refractivity contribution in [3.63, 3.8) is 0 Å². The van der Waals surface area contributed by atoms with Gasteiger partial charge in [0.2, 0.25) is 0 Å². The van der Waals surface area contributed by atoms with Crippen LogP contribution in [0.3, 0.4) is 0 Å². The lowest BCUT2D eigenvalue weighted by Crippen LogP contribution is -2.37. The van der Waals surface area contributed by atoms with Crippen molar-refractivity contribution in [2.75, 3.05) is 24.6 Å². The predicted octanol–water partition coefficient (Wildman–Crippen LogP) is 10.7. The fraction of sp³-hybridized carbons (Fsp3) is 0.225. The Balaban J connectivity index is 1.25. The zero-order valence-corrected chi connectivity index (χ0v) is 29.6. The van der Waals surface area contributed by atoms with E-state index in [0.717, 1.165) is 62.3 Å². The Bertz CT molecular complexity index is 1770. The molecule has 2 aliphatic rings. The summed E-state index contributed by atoms with van der Waals surface area (Å²) in [5.41, 5.74) is 10.0. The van der Waals surface area contributed by atoms with Crippen LogP contribution in [0.5, 0.6) is 11.5 Å². The molecular weight excluding hydrogens is 747 g/mol. The molecule has 0 saturated carbocycles. The summed E-state index contributed by atoms with van der Waals surface area (Å²) in [5, 5.41) is 0. The summed E-state index contributed by atoms with van der Waals surface area (Å²) in [6, 6.07) is 39.0. The highest BCUT2D eigenvalue weighted by atomic mass is 127. The normalized spacial score (nSPS) is 17.2. The predicted molar refractivity (Wildman–Crippen MR) is 201 cm³/mol. The molecular formula is C40H36BrIN2O2. The third-order valence-electron chi connectivity index (χ3n) is 8.99. The number of rotatable bonds is 9. The number of benzene rings is 5. The van der Waals surface area contributed by atoms with Gasteiger partial charge in [-0.15, -0.1) is 0 Å². The topological polar surface area (TPSA) is 34.1 Å². The molecule has 0 spiro atoms. The van der Waals surface area contributed by atoms with Gasteiger partial charge in [-0.2, -0.15) is 0 Å². The molecule has 0 aromatic heterocycles.